The molecule has 0 saturated heterocycles. The summed E-state index contributed by atoms with van der Waals surface area (Å²) < 4.78 is 4.90. The van der Waals surface area contributed by atoms with Crippen molar-refractivity contribution < 1.29 is 14.1 Å². The van der Waals surface area contributed by atoms with Gasteiger partial charge in [0.25, 0.3) is 0 Å². The summed E-state index contributed by atoms with van der Waals surface area (Å²) in [6.07, 6.45) is 0.748. The highest BCUT2D eigenvalue weighted by Crippen LogP contribution is 2.14. The summed E-state index contributed by atoms with van der Waals surface area (Å²) in [4.78, 5) is 26.0. The molecule has 0 aliphatic rings. The van der Waals surface area contributed by atoms with Crippen molar-refractivity contribution in [3.8, 4) is 0 Å². The first kappa shape index (κ1) is 17.5. The first-order valence-corrected chi connectivity index (χ1v) is 7.84. The Morgan fingerprint density at radius 1 is 1.21 bits per heavy atom. The van der Waals surface area contributed by atoms with E-state index in [0.717, 1.165) is 17.7 Å². The lowest BCUT2D eigenvalue weighted by atomic mass is 10.2. The average Bonchev–Trinajstić information content (AvgIpc) is 2.94. The Balaban J connectivity index is 1.98. The normalized spacial score (nSPS) is 10.3. The van der Waals surface area contributed by atoms with Crippen LogP contribution in [-0.2, 0) is 4.79 Å². The Bertz CT molecular complexity index is 711. The van der Waals surface area contributed by atoms with E-state index in [2.05, 4.69) is 15.8 Å². The molecule has 0 aliphatic heterocycles. The molecule has 0 radical (unpaired) electrons. The fraction of sp³-hybridized carbons (Fsp3) is 0.353. The van der Waals surface area contributed by atoms with E-state index in [1.807, 2.05) is 38.1 Å². The number of nitrogens with one attached hydrogen (secondary N) is 2. The molecule has 0 atom stereocenters. The molecular formula is C17H22N4O3. The number of anilines is 2. The lowest BCUT2D eigenvalue weighted by Crippen LogP contribution is -2.41. The van der Waals surface area contributed by atoms with Gasteiger partial charge in [-0.2, -0.15) is 0 Å². The van der Waals surface area contributed by atoms with Gasteiger partial charge in [0.1, 0.15) is 12.3 Å². The van der Waals surface area contributed by atoms with Gasteiger partial charge in [-0.15, -0.1) is 0 Å². The minimum absolute atomic E-state index is 0.0581. The Labute approximate surface area is 141 Å². The standard InChI is InChI=1S/C17H22N4O3/c1-4-9-21(11-16(22)19-15-10-13(3)24-20-15)17(23)18-14-8-6-5-7-12(14)2/h5-8,10H,4,9,11H2,1-3H3,(H,18,23)(H,19,20,22). The van der Waals surface area contributed by atoms with Crippen LogP contribution in [0.25, 0.3) is 0 Å². The van der Waals surface area contributed by atoms with E-state index >= 15 is 0 Å². The molecule has 7 nitrogen and oxygen atoms in total. The summed E-state index contributed by atoms with van der Waals surface area (Å²) in [6, 6.07) is 8.82. The number of nitrogens with zero attached hydrogens (tertiary/aromatic N) is 2. The van der Waals surface area contributed by atoms with Gasteiger partial charge < -0.3 is 20.1 Å². The highest BCUT2D eigenvalue weighted by atomic mass is 16.5. The molecule has 3 amide bonds. The Kier molecular flexibility index (Phi) is 5.95. The Hall–Kier alpha value is -2.83. The third-order valence-corrected chi connectivity index (χ3v) is 3.40. The van der Waals surface area contributed by atoms with Crippen LogP contribution in [0.1, 0.15) is 24.7 Å². The van der Waals surface area contributed by atoms with E-state index < -0.39 is 0 Å². The van der Waals surface area contributed by atoms with E-state index in [4.69, 9.17) is 4.52 Å². The molecule has 1 aromatic heterocycles. The number of hydrogen-bond donors (Lipinski definition) is 2. The van der Waals surface area contributed by atoms with Crippen molar-refractivity contribution >= 4 is 23.4 Å². The zero-order valence-electron chi connectivity index (χ0n) is 14.1. The van der Waals surface area contributed by atoms with Gasteiger partial charge in [0.2, 0.25) is 5.91 Å². The van der Waals surface area contributed by atoms with Gasteiger partial charge in [0.15, 0.2) is 5.82 Å². The predicted molar refractivity (Wildman–Crippen MR) is 91.9 cm³/mol. The lowest BCUT2D eigenvalue weighted by molar-refractivity contribution is -0.116. The molecule has 1 heterocycles. The molecule has 2 rings (SSSR count). The van der Waals surface area contributed by atoms with Gasteiger partial charge in [-0.25, -0.2) is 4.79 Å². The van der Waals surface area contributed by atoms with Crippen LogP contribution < -0.4 is 10.6 Å². The summed E-state index contributed by atoms with van der Waals surface area (Å²) in [5, 5.41) is 9.16. The number of aryl methyl sites for hydroxylation is 2. The van der Waals surface area contributed by atoms with Gasteiger partial charge in [-0.05, 0) is 31.9 Å². The van der Waals surface area contributed by atoms with Gasteiger partial charge in [-0.3, -0.25) is 4.79 Å². The van der Waals surface area contributed by atoms with E-state index in [-0.39, 0.29) is 18.5 Å². The molecule has 0 spiro atoms. The highest BCUT2D eigenvalue weighted by Gasteiger charge is 2.18. The summed E-state index contributed by atoms with van der Waals surface area (Å²) >= 11 is 0. The van der Waals surface area contributed by atoms with E-state index in [0.29, 0.717) is 18.1 Å². The van der Waals surface area contributed by atoms with Crippen molar-refractivity contribution in [3.05, 3.63) is 41.7 Å². The Morgan fingerprint density at radius 3 is 2.58 bits per heavy atom. The summed E-state index contributed by atoms with van der Waals surface area (Å²) in [6.45, 7) is 6.02. The monoisotopic (exact) mass is 330 g/mol. The SMILES string of the molecule is CCCN(CC(=O)Nc1cc(C)on1)C(=O)Nc1ccccc1C. The van der Waals surface area contributed by atoms with Crippen molar-refractivity contribution in [2.24, 2.45) is 0 Å². The lowest BCUT2D eigenvalue weighted by Gasteiger charge is -2.22. The molecule has 128 valence electrons. The van der Waals surface area contributed by atoms with E-state index in [1.54, 1.807) is 13.0 Å². The van der Waals surface area contributed by atoms with Crippen LogP contribution in [0.3, 0.4) is 0 Å². The van der Waals surface area contributed by atoms with Crippen molar-refractivity contribution in [3.63, 3.8) is 0 Å². The molecule has 24 heavy (non-hydrogen) atoms. The third-order valence-electron chi connectivity index (χ3n) is 3.40. The van der Waals surface area contributed by atoms with Crippen LogP contribution in [-0.4, -0.2) is 35.1 Å². The van der Waals surface area contributed by atoms with Crippen LogP contribution in [0.2, 0.25) is 0 Å². The molecule has 2 N–H and O–H groups in total. The quantitative estimate of drug-likeness (QED) is 0.851. The number of carbonyl (C=O) groups excluding carboxylic acids is 2. The van der Waals surface area contributed by atoms with Crippen LogP contribution >= 0.6 is 0 Å². The van der Waals surface area contributed by atoms with Gasteiger partial charge in [0, 0.05) is 18.3 Å². The maximum atomic E-state index is 12.4. The molecule has 0 aliphatic carbocycles. The number of amides is 3. The third kappa shape index (κ3) is 4.84. The summed E-state index contributed by atoms with van der Waals surface area (Å²) in [5.41, 5.74) is 1.70. The van der Waals surface area contributed by atoms with Crippen LogP contribution in [0.5, 0.6) is 0 Å². The van der Waals surface area contributed by atoms with E-state index in [1.165, 1.54) is 4.90 Å². The number of benzene rings is 1. The zero-order valence-corrected chi connectivity index (χ0v) is 14.1. The zero-order chi connectivity index (χ0) is 17.5. The number of para-hydroxylation sites is 1. The smallest absolute Gasteiger partial charge is 0.322 e. The second kappa shape index (κ2) is 8.14. The Morgan fingerprint density at radius 2 is 1.96 bits per heavy atom. The molecule has 1 aromatic carbocycles. The number of carbonyl (C=O) groups is 2. The number of rotatable bonds is 6. The average molecular weight is 330 g/mol. The largest absolute Gasteiger partial charge is 0.360 e. The van der Waals surface area contributed by atoms with Crippen LogP contribution in [0, 0.1) is 13.8 Å². The topological polar surface area (TPSA) is 87.5 Å². The van der Waals surface area contributed by atoms with Crippen molar-refractivity contribution in [1.29, 1.82) is 0 Å². The summed E-state index contributed by atoms with van der Waals surface area (Å²) in [7, 11) is 0. The van der Waals surface area contributed by atoms with Gasteiger partial charge in [0.05, 0.1) is 0 Å². The molecule has 2 aromatic rings. The second-order valence-corrected chi connectivity index (χ2v) is 5.54. The summed E-state index contributed by atoms with van der Waals surface area (Å²) in [5.74, 6) is 0.623. The molecule has 7 heteroatoms. The fourth-order valence-electron chi connectivity index (χ4n) is 2.21. The molecule has 0 bridgehead atoms. The van der Waals surface area contributed by atoms with Crippen molar-refractivity contribution in [2.45, 2.75) is 27.2 Å². The van der Waals surface area contributed by atoms with Gasteiger partial charge >= 0.3 is 6.03 Å². The van der Waals surface area contributed by atoms with Crippen LogP contribution in [0.4, 0.5) is 16.3 Å². The first-order chi connectivity index (χ1) is 11.5. The van der Waals surface area contributed by atoms with Crippen molar-refractivity contribution in [1.82, 2.24) is 10.1 Å². The van der Waals surface area contributed by atoms with Crippen LogP contribution in [0.15, 0.2) is 34.9 Å². The molecule has 0 saturated carbocycles. The molecular weight excluding hydrogens is 308 g/mol. The first-order valence-electron chi connectivity index (χ1n) is 7.84. The highest BCUT2D eigenvalue weighted by molar-refractivity contribution is 5.96. The number of urea groups is 1. The maximum absolute atomic E-state index is 12.4. The second-order valence-electron chi connectivity index (χ2n) is 5.54. The number of aromatic nitrogens is 1. The fourth-order valence-corrected chi connectivity index (χ4v) is 2.21. The minimum atomic E-state index is -0.323. The van der Waals surface area contributed by atoms with Gasteiger partial charge in [-0.1, -0.05) is 30.3 Å². The number of hydrogen-bond acceptors (Lipinski definition) is 4. The maximum Gasteiger partial charge on any atom is 0.322 e. The predicted octanol–water partition coefficient (Wildman–Crippen LogP) is 3.17. The van der Waals surface area contributed by atoms with E-state index in [9.17, 15) is 9.59 Å². The van der Waals surface area contributed by atoms with Crippen molar-refractivity contribution in [2.75, 3.05) is 23.7 Å². The molecule has 0 unspecified atom stereocenters. The molecule has 0 fully saturated rings. The minimum Gasteiger partial charge on any atom is -0.360 e.